The van der Waals surface area contributed by atoms with E-state index in [0.717, 1.165) is 10.5 Å². The molecule has 0 radical (unpaired) electrons. The number of likely N-dealkylation sites (tertiary alicyclic amines) is 1. The van der Waals surface area contributed by atoms with Gasteiger partial charge in [-0.25, -0.2) is 0 Å². The van der Waals surface area contributed by atoms with Crippen LogP contribution >= 0.6 is 0 Å². The molecule has 0 unspecified atom stereocenters. The van der Waals surface area contributed by atoms with Gasteiger partial charge in [0.2, 0.25) is 11.8 Å². The molecule has 4 atom stereocenters. The zero-order chi connectivity index (χ0) is 17.6. The number of amides is 2. The molecule has 0 aromatic heterocycles. The van der Waals surface area contributed by atoms with E-state index in [1.807, 2.05) is 0 Å². The molecule has 2 amide bonds. The molecule has 0 bridgehead atoms. The van der Waals surface area contributed by atoms with E-state index in [2.05, 4.69) is 5.32 Å². The number of methoxy groups -OCH3 is 1. The molecule has 128 valence electrons. The van der Waals surface area contributed by atoms with Crippen LogP contribution in [0.15, 0.2) is 24.3 Å². The van der Waals surface area contributed by atoms with E-state index in [4.69, 9.17) is 4.74 Å². The predicted molar refractivity (Wildman–Crippen MR) is 83.8 cm³/mol. The molecule has 1 aromatic rings. The summed E-state index contributed by atoms with van der Waals surface area (Å²) in [5.74, 6) is -2.59. The van der Waals surface area contributed by atoms with Crippen molar-refractivity contribution in [2.45, 2.75) is 24.9 Å². The van der Waals surface area contributed by atoms with E-state index in [0.29, 0.717) is 6.42 Å². The van der Waals surface area contributed by atoms with Crippen molar-refractivity contribution in [3.8, 4) is 5.75 Å². The van der Waals surface area contributed by atoms with Crippen LogP contribution in [0.2, 0.25) is 0 Å². The number of rotatable bonds is 3. The van der Waals surface area contributed by atoms with Crippen LogP contribution in [0.4, 0.5) is 0 Å². The summed E-state index contributed by atoms with van der Waals surface area (Å²) in [5.41, 5.74) is -0.502. The molecule has 0 spiro atoms. The number of ether oxygens (including phenoxy) is 1. The number of hydrogen-bond donors (Lipinski definition) is 2. The summed E-state index contributed by atoms with van der Waals surface area (Å²) in [6.07, 6.45) is 0.322. The number of carbonyl (C=O) groups is 3. The maximum absolute atomic E-state index is 12.6. The molecule has 7 nitrogen and oxygen atoms in total. The number of fused-ring (bicyclic) bond motifs is 1. The fourth-order valence-corrected chi connectivity index (χ4v) is 3.95. The second-order valence-electron chi connectivity index (χ2n) is 6.27. The Bertz CT molecular complexity index is 701. The highest BCUT2D eigenvalue weighted by Crippen LogP contribution is 2.50. The molecule has 0 saturated carbocycles. The quantitative estimate of drug-likeness (QED) is 0.621. The summed E-state index contributed by atoms with van der Waals surface area (Å²) < 4.78 is 4.94. The Morgan fingerprint density at radius 2 is 1.92 bits per heavy atom. The highest BCUT2D eigenvalue weighted by atomic mass is 16.5. The van der Waals surface area contributed by atoms with Gasteiger partial charge in [0.25, 0.3) is 0 Å². The van der Waals surface area contributed by atoms with E-state index in [9.17, 15) is 19.5 Å². The summed E-state index contributed by atoms with van der Waals surface area (Å²) in [6.45, 7) is 1.79. The number of nitrogens with one attached hydrogen (secondary N) is 1. The Labute approximate surface area is 139 Å². The number of nitrogens with zero attached hydrogens (tertiary/aromatic N) is 1. The average Bonchev–Trinajstić information content (AvgIpc) is 3.05. The topological polar surface area (TPSA) is 95.9 Å². The van der Waals surface area contributed by atoms with Crippen molar-refractivity contribution in [2.75, 3.05) is 14.2 Å². The van der Waals surface area contributed by atoms with Gasteiger partial charge in [0, 0.05) is 13.1 Å². The van der Waals surface area contributed by atoms with Gasteiger partial charge in [0.05, 0.1) is 18.9 Å². The van der Waals surface area contributed by atoms with Crippen LogP contribution in [-0.4, -0.2) is 47.5 Å². The van der Waals surface area contributed by atoms with Gasteiger partial charge in [-0.1, -0.05) is 19.1 Å². The third kappa shape index (κ3) is 2.04. The number of phenolic OH excluding ortho intramolecular Hbond substituents is 1. The van der Waals surface area contributed by atoms with Crippen LogP contribution in [0, 0.1) is 11.8 Å². The maximum atomic E-state index is 12.6. The molecule has 0 aliphatic carbocycles. The summed E-state index contributed by atoms with van der Waals surface area (Å²) in [5, 5.41) is 12.7. The molecule has 2 fully saturated rings. The first kappa shape index (κ1) is 16.4. The second kappa shape index (κ2) is 5.59. The first-order valence-electron chi connectivity index (χ1n) is 7.83. The van der Waals surface area contributed by atoms with E-state index in [-0.39, 0.29) is 17.6 Å². The minimum absolute atomic E-state index is 0.106. The zero-order valence-corrected chi connectivity index (χ0v) is 13.8. The summed E-state index contributed by atoms with van der Waals surface area (Å²) in [7, 11) is 2.71. The van der Waals surface area contributed by atoms with E-state index < -0.39 is 29.4 Å². The minimum atomic E-state index is -1.24. The number of esters is 1. The lowest BCUT2D eigenvalue weighted by Crippen LogP contribution is -2.55. The Morgan fingerprint density at radius 3 is 2.46 bits per heavy atom. The Hall–Kier alpha value is -2.41. The number of carbonyl (C=O) groups excluding carboxylic acids is 3. The van der Waals surface area contributed by atoms with Crippen LogP contribution in [0.25, 0.3) is 0 Å². The molecule has 1 aromatic carbocycles. The zero-order valence-electron chi connectivity index (χ0n) is 13.8. The molecule has 2 saturated heterocycles. The van der Waals surface area contributed by atoms with Crippen molar-refractivity contribution in [1.29, 1.82) is 0 Å². The van der Waals surface area contributed by atoms with Gasteiger partial charge in [-0.2, -0.15) is 0 Å². The minimum Gasteiger partial charge on any atom is -0.508 e. The first-order chi connectivity index (χ1) is 11.4. The van der Waals surface area contributed by atoms with E-state index >= 15 is 0 Å². The number of phenols is 1. The van der Waals surface area contributed by atoms with Crippen LogP contribution in [0.1, 0.15) is 24.9 Å². The normalized spacial score (nSPS) is 32.1. The van der Waals surface area contributed by atoms with E-state index in [1.165, 1.54) is 26.3 Å². The molecule has 7 heteroatoms. The number of hydrogen-bond acceptors (Lipinski definition) is 6. The second-order valence-corrected chi connectivity index (χ2v) is 6.27. The number of imide groups is 1. The van der Waals surface area contributed by atoms with Gasteiger partial charge < -0.3 is 9.84 Å². The number of benzene rings is 1. The molecule has 3 rings (SSSR count). The third-order valence-electron chi connectivity index (χ3n) is 5.23. The maximum Gasteiger partial charge on any atom is 0.326 e. The van der Waals surface area contributed by atoms with Gasteiger partial charge in [0.1, 0.15) is 11.3 Å². The Balaban J connectivity index is 2.12. The Kier molecular flexibility index (Phi) is 3.83. The molecule has 24 heavy (non-hydrogen) atoms. The van der Waals surface area contributed by atoms with Crippen LogP contribution < -0.4 is 5.32 Å². The van der Waals surface area contributed by atoms with Gasteiger partial charge in [-0.05, 0) is 24.1 Å². The monoisotopic (exact) mass is 332 g/mol. The average molecular weight is 332 g/mol. The standard InChI is InChI=1S/C17H20N2O5/c1-4-17(16(23)24-3)12-11(14(21)19(2)15(12)22)13(18-17)9-5-7-10(20)8-6-9/h5-8,11-13,18,20H,4H2,1-3H3/t11-,12-,13-,17-/m0/s1. The fourth-order valence-electron chi connectivity index (χ4n) is 3.95. The van der Waals surface area contributed by atoms with Gasteiger partial charge in [0.15, 0.2) is 0 Å². The fraction of sp³-hybridized carbons (Fsp3) is 0.471. The van der Waals surface area contributed by atoms with Crippen LogP contribution in [0.5, 0.6) is 5.75 Å². The van der Waals surface area contributed by atoms with Crippen LogP contribution in [-0.2, 0) is 19.1 Å². The lowest BCUT2D eigenvalue weighted by atomic mass is 9.78. The van der Waals surface area contributed by atoms with Crippen molar-refractivity contribution in [3.63, 3.8) is 0 Å². The van der Waals surface area contributed by atoms with Gasteiger partial charge >= 0.3 is 5.97 Å². The highest BCUT2D eigenvalue weighted by molar-refractivity contribution is 6.09. The smallest absolute Gasteiger partial charge is 0.326 e. The summed E-state index contributed by atoms with van der Waals surface area (Å²) in [4.78, 5) is 38.9. The molecular weight excluding hydrogens is 312 g/mol. The highest BCUT2D eigenvalue weighted by Gasteiger charge is 2.67. The van der Waals surface area contributed by atoms with Crippen molar-refractivity contribution in [3.05, 3.63) is 29.8 Å². The van der Waals surface area contributed by atoms with Crippen LogP contribution in [0.3, 0.4) is 0 Å². The summed E-state index contributed by atoms with van der Waals surface area (Å²) in [6, 6.07) is 5.89. The predicted octanol–water partition coefficient (Wildman–Crippen LogP) is 0.589. The molecule has 2 aliphatic rings. The number of aromatic hydroxyl groups is 1. The third-order valence-corrected chi connectivity index (χ3v) is 5.23. The summed E-state index contributed by atoms with van der Waals surface area (Å²) >= 11 is 0. The van der Waals surface area contributed by atoms with Crippen molar-refractivity contribution in [2.24, 2.45) is 11.8 Å². The molecule has 2 aliphatic heterocycles. The van der Waals surface area contributed by atoms with Crippen molar-refractivity contribution < 1.29 is 24.2 Å². The lowest BCUT2D eigenvalue weighted by Gasteiger charge is -2.30. The van der Waals surface area contributed by atoms with E-state index in [1.54, 1.807) is 19.1 Å². The van der Waals surface area contributed by atoms with Crippen molar-refractivity contribution >= 4 is 17.8 Å². The molecular formula is C17H20N2O5. The lowest BCUT2D eigenvalue weighted by molar-refractivity contribution is -0.154. The SMILES string of the molecule is CC[C@]1(C(=O)OC)N[C@@H](c2ccc(O)cc2)[C@H]2C(=O)N(C)C(=O)[C@H]21. The molecule has 2 heterocycles. The molecule has 2 N–H and O–H groups in total. The first-order valence-corrected chi connectivity index (χ1v) is 7.83. The van der Waals surface area contributed by atoms with Gasteiger partial charge in [-0.3, -0.25) is 24.6 Å². The Morgan fingerprint density at radius 1 is 1.29 bits per heavy atom. The largest absolute Gasteiger partial charge is 0.508 e. The van der Waals surface area contributed by atoms with Crippen molar-refractivity contribution in [1.82, 2.24) is 10.2 Å². The van der Waals surface area contributed by atoms with Gasteiger partial charge in [-0.15, -0.1) is 0 Å².